The maximum absolute atomic E-state index is 13.1. The van der Waals surface area contributed by atoms with Gasteiger partial charge in [0, 0.05) is 6.54 Å². The van der Waals surface area contributed by atoms with Crippen LogP contribution in [0.1, 0.15) is 25.3 Å². The smallest absolute Gasteiger partial charge is 0.142 e. The first-order valence-electron chi connectivity index (χ1n) is 6.10. The second-order valence-electron chi connectivity index (χ2n) is 3.99. The van der Waals surface area contributed by atoms with Gasteiger partial charge in [-0.05, 0) is 44.1 Å². The third-order valence-electron chi connectivity index (χ3n) is 2.48. The summed E-state index contributed by atoms with van der Waals surface area (Å²) in [5.74, 6) is -0.351. The average molecular weight is 259 g/mol. The molecule has 0 saturated carbocycles. The van der Waals surface area contributed by atoms with E-state index in [2.05, 4.69) is 17.6 Å². The fourth-order valence-corrected chi connectivity index (χ4v) is 1.74. The number of nitrogens with one attached hydrogen (secondary N) is 2. The molecule has 0 unspecified atom stereocenters. The summed E-state index contributed by atoms with van der Waals surface area (Å²) < 4.78 is 13.1. The number of benzene rings is 1. The van der Waals surface area contributed by atoms with Crippen LogP contribution in [-0.2, 0) is 6.54 Å². The van der Waals surface area contributed by atoms with Gasteiger partial charge in [-0.15, -0.1) is 0 Å². The second kappa shape index (κ2) is 8.45. The number of rotatable bonds is 8. The third-order valence-corrected chi connectivity index (χ3v) is 2.90. The Morgan fingerprint density at radius 2 is 1.94 bits per heavy atom. The maximum Gasteiger partial charge on any atom is 0.142 e. The van der Waals surface area contributed by atoms with E-state index in [0.717, 1.165) is 38.0 Å². The predicted molar refractivity (Wildman–Crippen MR) is 70.9 cm³/mol. The Balaban J connectivity index is 2.16. The highest BCUT2D eigenvalue weighted by molar-refractivity contribution is 6.31. The average Bonchev–Trinajstić information content (AvgIpc) is 2.33. The fourth-order valence-electron chi connectivity index (χ4n) is 1.55. The van der Waals surface area contributed by atoms with Crippen molar-refractivity contribution in [1.82, 2.24) is 10.6 Å². The molecular formula is C13H20ClFN2. The summed E-state index contributed by atoms with van der Waals surface area (Å²) >= 11 is 5.85. The molecule has 0 radical (unpaired) electrons. The molecule has 0 aliphatic rings. The Bertz CT molecular complexity index is 331. The summed E-state index contributed by atoms with van der Waals surface area (Å²) in [6.07, 6.45) is 2.22. The quantitative estimate of drug-likeness (QED) is 0.701. The molecule has 4 heteroatoms. The summed E-state index contributed by atoms with van der Waals surface area (Å²) in [5.41, 5.74) is 0.813. The monoisotopic (exact) mass is 258 g/mol. The minimum Gasteiger partial charge on any atom is -0.317 e. The summed E-state index contributed by atoms with van der Waals surface area (Å²) in [6.45, 7) is 5.75. The Morgan fingerprint density at radius 3 is 2.71 bits per heavy atom. The first kappa shape index (κ1) is 14.4. The fraction of sp³-hybridized carbons (Fsp3) is 0.538. The van der Waals surface area contributed by atoms with Gasteiger partial charge in [-0.1, -0.05) is 30.7 Å². The van der Waals surface area contributed by atoms with Crippen molar-refractivity contribution in [2.24, 2.45) is 0 Å². The van der Waals surface area contributed by atoms with E-state index in [1.807, 2.05) is 6.07 Å². The lowest BCUT2D eigenvalue weighted by molar-refractivity contribution is 0.588. The molecule has 2 N–H and O–H groups in total. The Kier molecular flexibility index (Phi) is 7.17. The second-order valence-corrected chi connectivity index (χ2v) is 4.37. The van der Waals surface area contributed by atoms with E-state index in [1.165, 1.54) is 6.07 Å². The van der Waals surface area contributed by atoms with Crippen molar-refractivity contribution in [3.63, 3.8) is 0 Å². The van der Waals surface area contributed by atoms with Crippen molar-refractivity contribution in [2.45, 2.75) is 26.3 Å². The van der Waals surface area contributed by atoms with Crippen molar-refractivity contribution in [3.05, 3.63) is 34.6 Å². The molecule has 0 aromatic heterocycles. The van der Waals surface area contributed by atoms with Crippen molar-refractivity contribution < 1.29 is 4.39 Å². The number of hydrogen-bond acceptors (Lipinski definition) is 2. The molecule has 0 heterocycles. The zero-order valence-electron chi connectivity index (χ0n) is 10.2. The van der Waals surface area contributed by atoms with Crippen LogP contribution in [0, 0.1) is 5.82 Å². The molecule has 0 bridgehead atoms. The largest absolute Gasteiger partial charge is 0.317 e. The van der Waals surface area contributed by atoms with Gasteiger partial charge in [-0.2, -0.15) is 0 Å². The van der Waals surface area contributed by atoms with Gasteiger partial charge in [0.1, 0.15) is 5.82 Å². The lowest BCUT2D eigenvalue weighted by Gasteiger charge is -2.07. The lowest BCUT2D eigenvalue weighted by Crippen LogP contribution is -2.22. The molecule has 0 aliphatic carbocycles. The molecule has 0 aliphatic heterocycles. The molecule has 2 nitrogen and oxygen atoms in total. The molecule has 1 aromatic rings. The van der Waals surface area contributed by atoms with Gasteiger partial charge >= 0.3 is 0 Å². The Hall–Kier alpha value is -0.640. The van der Waals surface area contributed by atoms with Crippen LogP contribution in [-0.4, -0.2) is 19.6 Å². The van der Waals surface area contributed by atoms with Gasteiger partial charge < -0.3 is 10.6 Å². The Labute approximate surface area is 108 Å². The predicted octanol–water partition coefficient (Wildman–Crippen LogP) is 2.96. The topological polar surface area (TPSA) is 24.1 Å². The summed E-state index contributed by atoms with van der Waals surface area (Å²) in [6, 6.07) is 4.90. The van der Waals surface area contributed by atoms with Crippen molar-refractivity contribution in [2.75, 3.05) is 19.6 Å². The van der Waals surface area contributed by atoms with Gasteiger partial charge in [-0.25, -0.2) is 4.39 Å². The van der Waals surface area contributed by atoms with Gasteiger partial charge in [0.05, 0.1) is 5.02 Å². The molecule has 17 heavy (non-hydrogen) atoms. The zero-order chi connectivity index (χ0) is 12.5. The standard InChI is InChI=1S/C13H20ClFN2/c1-2-7-16-8-4-9-17-10-11-5-3-6-12(15)13(11)14/h3,5-6,16-17H,2,4,7-10H2,1H3. The van der Waals surface area contributed by atoms with E-state index < -0.39 is 0 Å². The molecule has 0 fully saturated rings. The minimum absolute atomic E-state index is 0.226. The van der Waals surface area contributed by atoms with E-state index in [-0.39, 0.29) is 10.8 Å². The first-order valence-corrected chi connectivity index (χ1v) is 6.47. The highest BCUT2D eigenvalue weighted by Gasteiger charge is 2.04. The number of halogens is 2. The lowest BCUT2D eigenvalue weighted by atomic mass is 10.2. The van der Waals surface area contributed by atoms with E-state index >= 15 is 0 Å². The van der Waals surface area contributed by atoms with E-state index in [9.17, 15) is 4.39 Å². The van der Waals surface area contributed by atoms with Crippen molar-refractivity contribution in [1.29, 1.82) is 0 Å². The van der Waals surface area contributed by atoms with Crippen LogP contribution in [0.4, 0.5) is 4.39 Å². The van der Waals surface area contributed by atoms with Crippen LogP contribution in [0.15, 0.2) is 18.2 Å². The van der Waals surface area contributed by atoms with Crippen LogP contribution in [0.5, 0.6) is 0 Å². The summed E-state index contributed by atoms with van der Waals surface area (Å²) in [7, 11) is 0. The maximum atomic E-state index is 13.1. The van der Waals surface area contributed by atoms with Crippen LogP contribution >= 0.6 is 11.6 Å². The van der Waals surface area contributed by atoms with Gasteiger partial charge in [0.15, 0.2) is 0 Å². The molecule has 0 atom stereocenters. The highest BCUT2D eigenvalue weighted by Crippen LogP contribution is 2.19. The van der Waals surface area contributed by atoms with Crippen LogP contribution in [0.25, 0.3) is 0 Å². The van der Waals surface area contributed by atoms with Crippen LogP contribution < -0.4 is 10.6 Å². The third kappa shape index (κ3) is 5.48. The normalized spacial score (nSPS) is 10.8. The molecule has 1 rings (SSSR count). The van der Waals surface area contributed by atoms with Crippen LogP contribution in [0.2, 0.25) is 5.02 Å². The number of hydrogen-bond donors (Lipinski definition) is 2. The summed E-state index contributed by atoms with van der Waals surface area (Å²) in [5, 5.41) is 6.81. The summed E-state index contributed by atoms with van der Waals surface area (Å²) in [4.78, 5) is 0. The van der Waals surface area contributed by atoms with E-state index in [4.69, 9.17) is 11.6 Å². The van der Waals surface area contributed by atoms with E-state index in [0.29, 0.717) is 6.54 Å². The molecular weight excluding hydrogens is 239 g/mol. The zero-order valence-corrected chi connectivity index (χ0v) is 11.0. The van der Waals surface area contributed by atoms with Gasteiger partial charge in [-0.3, -0.25) is 0 Å². The van der Waals surface area contributed by atoms with Crippen molar-refractivity contribution >= 4 is 11.6 Å². The van der Waals surface area contributed by atoms with Crippen LogP contribution in [0.3, 0.4) is 0 Å². The van der Waals surface area contributed by atoms with Gasteiger partial charge in [0.25, 0.3) is 0 Å². The molecule has 0 saturated heterocycles. The molecule has 1 aromatic carbocycles. The van der Waals surface area contributed by atoms with Gasteiger partial charge in [0.2, 0.25) is 0 Å². The molecule has 96 valence electrons. The first-order chi connectivity index (χ1) is 8.25. The van der Waals surface area contributed by atoms with E-state index in [1.54, 1.807) is 6.07 Å². The molecule has 0 spiro atoms. The minimum atomic E-state index is -0.351. The highest BCUT2D eigenvalue weighted by atomic mass is 35.5. The van der Waals surface area contributed by atoms with Crippen molar-refractivity contribution in [3.8, 4) is 0 Å². The SMILES string of the molecule is CCCNCCCNCc1cccc(F)c1Cl. The Morgan fingerprint density at radius 1 is 1.18 bits per heavy atom. The molecule has 0 amide bonds.